The predicted octanol–water partition coefficient (Wildman–Crippen LogP) is 4.54. The Hall–Kier alpha value is -2.44. The van der Waals surface area contributed by atoms with Crippen molar-refractivity contribution in [2.24, 2.45) is 0 Å². The third-order valence-electron chi connectivity index (χ3n) is 4.89. The molecule has 0 saturated heterocycles. The van der Waals surface area contributed by atoms with Gasteiger partial charge in [-0.1, -0.05) is 22.0 Å². The Morgan fingerprint density at radius 2 is 2.23 bits per heavy atom. The van der Waals surface area contributed by atoms with Crippen LogP contribution in [0.5, 0.6) is 0 Å². The van der Waals surface area contributed by atoms with Gasteiger partial charge in [0.15, 0.2) is 11.6 Å². The van der Waals surface area contributed by atoms with Gasteiger partial charge in [-0.3, -0.25) is 4.90 Å². The maximum absolute atomic E-state index is 5.43. The van der Waals surface area contributed by atoms with E-state index in [0.29, 0.717) is 11.6 Å². The third kappa shape index (κ3) is 2.85. The fourth-order valence-electron chi connectivity index (χ4n) is 3.55. The van der Waals surface area contributed by atoms with Crippen LogP contribution in [0.3, 0.4) is 0 Å². The number of aromatic nitrogens is 3. The highest BCUT2D eigenvalue weighted by molar-refractivity contribution is 9.10. The second kappa shape index (κ2) is 6.37. The van der Waals surface area contributed by atoms with Crippen molar-refractivity contribution in [3.8, 4) is 11.6 Å². The molecule has 0 amide bonds. The van der Waals surface area contributed by atoms with Crippen molar-refractivity contribution in [2.45, 2.75) is 19.5 Å². The molecule has 26 heavy (non-hydrogen) atoms. The molecule has 4 aromatic rings. The van der Waals surface area contributed by atoms with Crippen molar-refractivity contribution in [1.29, 1.82) is 0 Å². The van der Waals surface area contributed by atoms with Gasteiger partial charge in [-0.15, -0.1) is 0 Å². The van der Waals surface area contributed by atoms with E-state index in [4.69, 9.17) is 9.40 Å². The number of nitrogens with zero attached hydrogens (tertiary/aromatic N) is 3. The lowest BCUT2D eigenvalue weighted by molar-refractivity contribution is 0.242. The highest BCUT2D eigenvalue weighted by Gasteiger charge is 2.20. The highest BCUT2D eigenvalue weighted by Crippen LogP contribution is 2.26. The smallest absolute Gasteiger partial charge is 0.195 e. The van der Waals surface area contributed by atoms with Gasteiger partial charge in [0.2, 0.25) is 0 Å². The first-order valence-electron chi connectivity index (χ1n) is 8.63. The van der Waals surface area contributed by atoms with Crippen molar-refractivity contribution in [2.75, 3.05) is 6.54 Å². The van der Waals surface area contributed by atoms with Crippen LogP contribution in [0.1, 0.15) is 16.8 Å². The number of furan rings is 1. The van der Waals surface area contributed by atoms with E-state index in [-0.39, 0.29) is 0 Å². The minimum atomic E-state index is 0.660. The summed E-state index contributed by atoms with van der Waals surface area (Å²) in [6.07, 6.45) is 6.68. The molecular weight excluding hydrogens is 392 g/mol. The van der Waals surface area contributed by atoms with Crippen LogP contribution < -0.4 is 0 Å². The largest absolute Gasteiger partial charge is 0.461 e. The van der Waals surface area contributed by atoms with Gasteiger partial charge in [-0.05, 0) is 41.8 Å². The number of fused-ring (bicyclic) bond motifs is 2. The van der Waals surface area contributed by atoms with Gasteiger partial charge >= 0.3 is 0 Å². The van der Waals surface area contributed by atoms with Crippen LogP contribution in [0.2, 0.25) is 0 Å². The lowest BCUT2D eigenvalue weighted by Crippen LogP contribution is -2.31. The van der Waals surface area contributed by atoms with Crippen LogP contribution in [0, 0.1) is 0 Å². The molecule has 1 aromatic carbocycles. The van der Waals surface area contributed by atoms with E-state index >= 15 is 0 Å². The molecule has 0 aliphatic carbocycles. The molecule has 3 aromatic heterocycles. The van der Waals surface area contributed by atoms with E-state index in [1.165, 1.54) is 16.5 Å². The number of halogens is 1. The average molecular weight is 409 g/mol. The fraction of sp³-hybridized carbons (Fsp3) is 0.200. The Morgan fingerprint density at radius 3 is 3.12 bits per heavy atom. The van der Waals surface area contributed by atoms with Crippen LogP contribution in [0.4, 0.5) is 0 Å². The van der Waals surface area contributed by atoms with Crippen LogP contribution in [-0.4, -0.2) is 26.4 Å². The number of H-pyrrole nitrogens is 1. The molecule has 0 bridgehead atoms. The Kier molecular flexibility index (Phi) is 3.87. The summed E-state index contributed by atoms with van der Waals surface area (Å²) in [5.41, 5.74) is 4.81. The monoisotopic (exact) mass is 408 g/mol. The van der Waals surface area contributed by atoms with Crippen LogP contribution >= 0.6 is 15.9 Å². The fourth-order valence-corrected chi connectivity index (χ4v) is 3.91. The molecule has 1 N–H and O–H groups in total. The van der Waals surface area contributed by atoms with Crippen LogP contribution in [-0.2, 0) is 19.5 Å². The Labute approximate surface area is 159 Å². The van der Waals surface area contributed by atoms with Gasteiger partial charge < -0.3 is 9.40 Å². The van der Waals surface area contributed by atoms with Crippen molar-refractivity contribution < 1.29 is 4.42 Å². The van der Waals surface area contributed by atoms with Crippen molar-refractivity contribution in [3.63, 3.8) is 0 Å². The number of benzene rings is 1. The Balaban J connectivity index is 1.40. The molecule has 5 nitrogen and oxygen atoms in total. The molecule has 0 fully saturated rings. The maximum atomic E-state index is 5.43. The molecule has 0 saturated carbocycles. The minimum Gasteiger partial charge on any atom is -0.461 e. The number of rotatable bonds is 3. The summed E-state index contributed by atoms with van der Waals surface area (Å²) in [6, 6.07) is 10.1. The van der Waals surface area contributed by atoms with Gasteiger partial charge in [0.25, 0.3) is 0 Å². The first-order valence-corrected chi connectivity index (χ1v) is 9.42. The van der Waals surface area contributed by atoms with E-state index in [9.17, 15) is 0 Å². The zero-order valence-electron chi connectivity index (χ0n) is 14.1. The molecular formula is C20H17BrN4O. The van der Waals surface area contributed by atoms with E-state index in [1.54, 1.807) is 6.26 Å². The Morgan fingerprint density at radius 1 is 1.27 bits per heavy atom. The van der Waals surface area contributed by atoms with Gasteiger partial charge in [-0.2, -0.15) is 0 Å². The summed E-state index contributed by atoms with van der Waals surface area (Å²) < 4.78 is 6.52. The summed E-state index contributed by atoms with van der Waals surface area (Å²) in [6.45, 7) is 2.75. The summed E-state index contributed by atoms with van der Waals surface area (Å²) in [5.74, 6) is 1.37. The zero-order chi connectivity index (χ0) is 17.5. The lowest BCUT2D eigenvalue weighted by atomic mass is 10.1. The lowest BCUT2D eigenvalue weighted by Gasteiger charge is -2.27. The number of hydrogen-bond acceptors (Lipinski definition) is 4. The number of nitrogens with one attached hydrogen (secondary N) is 1. The molecule has 6 heteroatoms. The molecule has 130 valence electrons. The van der Waals surface area contributed by atoms with E-state index in [0.717, 1.165) is 41.7 Å². The molecule has 0 radical (unpaired) electrons. The first-order chi connectivity index (χ1) is 12.8. The second-order valence-corrected chi connectivity index (χ2v) is 7.52. The maximum Gasteiger partial charge on any atom is 0.195 e. The number of aromatic amines is 1. The average Bonchev–Trinajstić information content (AvgIpc) is 3.31. The van der Waals surface area contributed by atoms with Crippen molar-refractivity contribution >= 4 is 26.8 Å². The first kappa shape index (κ1) is 15.8. The molecule has 1 aliphatic heterocycles. The zero-order valence-corrected chi connectivity index (χ0v) is 15.7. The topological polar surface area (TPSA) is 58.0 Å². The Bertz CT molecular complexity index is 1070. The second-order valence-electron chi connectivity index (χ2n) is 6.61. The highest BCUT2D eigenvalue weighted by atomic mass is 79.9. The molecule has 0 spiro atoms. The number of hydrogen-bond donors (Lipinski definition) is 1. The van der Waals surface area contributed by atoms with Crippen molar-refractivity contribution in [3.05, 3.63) is 70.3 Å². The molecule has 0 atom stereocenters. The van der Waals surface area contributed by atoms with E-state index in [2.05, 4.69) is 55.2 Å². The molecule has 4 heterocycles. The normalized spacial score (nSPS) is 14.7. The predicted molar refractivity (Wildman–Crippen MR) is 104 cm³/mol. The van der Waals surface area contributed by atoms with Crippen molar-refractivity contribution in [1.82, 2.24) is 19.9 Å². The summed E-state index contributed by atoms with van der Waals surface area (Å²) in [5, 5.41) is 1.28. The molecule has 5 rings (SSSR count). The summed E-state index contributed by atoms with van der Waals surface area (Å²) >= 11 is 3.53. The van der Waals surface area contributed by atoms with Crippen LogP contribution in [0.15, 0.2) is 57.9 Å². The SMILES string of the molecule is Brc1ccc2c(CN3CCc4cnc(-c5ccco5)nc4C3)c[nH]c2c1. The third-order valence-corrected chi connectivity index (χ3v) is 5.38. The van der Waals surface area contributed by atoms with Gasteiger partial charge in [0.1, 0.15) is 0 Å². The quantitative estimate of drug-likeness (QED) is 0.540. The minimum absolute atomic E-state index is 0.660. The molecule has 0 unspecified atom stereocenters. The summed E-state index contributed by atoms with van der Waals surface area (Å²) in [4.78, 5) is 15.0. The van der Waals surface area contributed by atoms with E-state index < -0.39 is 0 Å². The van der Waals surface area contributed by atoms with Crippen LogP contribution in [0.25, 0.3) is 22.5 Å². The van der Waals surface area contributed by atoms with E-state index in [1.807, 2.05) is 18.3 Å². The van der Waals surface area contributed by atoms with Gasteiger partial charge in [0, 0.05) is 47.4 Å². The molecule has 1 aliphatic rings. The summed E-state index contributed by atoms with van der Waals surface area (Å²) in [7, 11) is 0. The van der Waals surface area contributed by atoms with Gasteiger partial charge in [0.05, 0.1) is 12.0 Å². The standard InChI is InChI=1S/C20H17BrN4O/c21-15-3-4-16-14(10-22-17(16)8-15)11-25-6-5-13-9-23-20(24-18(13)12-25)19-2-1-7-26-19/h1-4,7-10,22H,5-6,11-12H2. The van der Waals surface area contributed by atoms with Gasteiger partial charge in [-0.25, -0.2) is 9.97 Å².